The second kappa shape index (κ2) is 8.86. The first kappa shape index (κ1) is 18.5. The number of rotatable bonds is 8. The van der Waals surface area contributed by atoms with E-state index >= 15 is 0 Å². The number of ether oxygens (including phenoxy) is 4. The molecule has 1 aromatic heterocycles. The summed E-state index contributed by atoms with van der Waals surface area (Å²) in [5.41, 5.74) is 0.691. The highest BCUT2D eigenvalue weighted by atomic mass is 16.5. The van der Waals surface area contributed by atoms with Crippen LogP contribution in [0.25, 0.3) is 10.9 Å². The average molecular weight is 362 g/mol. The van der Waals surface area contributed by atoms with Crippen molar-refractivity contribution in [3.63, 3.8) is 0 Å². The summed E-state index contributed by atoms with van der Waals surface area (Å²) in [6.07, 6.45) is 2.55. The van der Waals surface area contributed by atoms with Crippen molar-refractivity contribution >= 4 is 16.7 Å². The van der Waals surface area contributed by atoms with E-state index in [1.54, 1.807) is 21.3 Å². The Morgan fingerprint density at radius 1 is 1.08 bits per heavy atom. The molecule has 142 valence electrons. The molecule has 1 aliphatic rings. The molecule has 0 amide bonds. The van der Waals surface area contributed by atoms with Crippen molar-refractivity contribution in [1.82, 2.24) is 14.9 Å². The molecule has 0 unspecified atom stereocenters. The normalized spacial score (nSPS) is 15.0. The van der Waals surface area contributed by atoms with Gasteiger partial charge >= 0.3 is 0 Å². The fourth-order valence-electron chi connectivity index (χ4n) is 3.14. The van der Waals surface area contributed by atoms with Gasteiger partial charge in [0.15, 0.2) is 11.5 Å². The summed E-state index contributed by atoms with van der Waals surface area (Å²) in [7, 11) is 4.77. The molecule has 8 heteroatoms. The van der Waals surface area contributed by atoms with E-state index in [0.29, 0.717) is 22.8 Å². The highest BCUT2D eigenvalue weighted by Gasteiger charge is 2.19. The zero-order valence-electron chi connectivity index (χ0n) is 15.6. The lowest BCUT2D eigenvalue weighted by Crippen LogP contribution is -2.37. The summed E-state index contributed by atoms with van der Waals surface area (Å²) in [5, 5.41) is 4.25. The lowest BCUT2D eigenvalue weighted by atomic mass is 10.2. The van der Waals surface area contributed by atoms with Gasteiger partial charge in [-0.1, -0.05) is 0 Å². The minimum atomic E-state index is 0.527. The number of hydrogen-bond donors (Lipinski definition) is 1. The van der Waals surface area contributed by atoms with Gasteiger partial charge in [0.25, 0.3) is 0 Å². The van der Waals surface area contributed by atoms with Crippen LogP contribution in [0.1, 0.15) is 6.42 Å². The highest BCUT2D eigenvalue weighted by Crippen LogP contribution is 2.43. The third kappa shape index (κ3) is 3.91. The zero-order chi connectivity index (χ0) is 18.4. The second-order valence-corrected chi connectivity index (χ2v) is 6.00. The molecular formula is C18H26N4O4. The summed E-state index contributed by atoms with van der Waals surface area (Å²) in [4.78, 5) is 11.2. The summed E-state index contributed by atoms with van der Waals surface area (Å²) in [6, 6.07) is 1.88. The summed E-state index contributed by atoms with van der Waals surface area (Å²) < 4.78 is 21.8. The van der Waals surface area contributed by atoms with E-state index in [1.165, 1.54) is 6.33 Å². The fraction of sp³-hybridized carbons (Fsp3) is 0.556. The molecule has 2 aromatic rings. The third-order valence-corrected chi connectivity index (χ3v) is 4.48. The number of hydrogen-bond acceptors (Lipinski definition) is 8. The van der Waals surface area contributed by atoms with Crippen LogP contribution in [0.5, 0.6) is 17.2 Å². The molecule has 0 bridgehead atoms. The van der Waals surface area contributed by atoms with Crippen LogP contribution in [0, 0.1) is 0 Å². The SMILES string of the molecule is COc1cc2c(NCCCN3CCOCC3)ncnc2c(OC)c1OC. The summed E-state index contributed by atoms with van der Waals surface area (Å²) in [5.74, 6) is 2.42. The molecule has 0 aliphatic carbocycles. The lowest BCUT2D eigenvalue weighted by molar-refractivity contribution is 0.0378. The highest BCUT2D eigenvalue weighted by molar-refractivity contribution is 5.96. The van der Waals surface area contributed by atoms with E-state index in [-0.39, 0.29) is 0 Å². The van der Waals surface area contributed by atoms with Crippen LogP contribution in [-0.2, 0) is 4.74 Å². The molecule has 1 saturated heterocycles. The number of benzene rings is 1. The van der Waals surface area contributed by atoms with Gasteiger partial charge in [0.1, 0.15) is 17.7 Å². The van der Waals surface area contributed by atoms with Crippen molar-refractivity contribution < 1.29 is 18.9 Å². The first-order valence-electron chi connectivity index (χ1n) is 8.76. The molecule has 8 nitrogen and oxygen atoms in total. The molecule has 1 aliphatic heterocycles. The average Bonchev–Trinajstić information content (AvgIpc) is 2.70. The zero-order valence-corrected chi connectivity index (χ0v) is 15.6. The van der Waals surface area contributed by atoms with Crippen molar-refractivity contribution in [2.45, 2.75) is 6.42 Å². The maximum Gasteiger partial charge on any atom is 0.205 e. The first-order valence-corrected chi connectivity index (χ1v) is 8.76. The van der Waals surface area contributed by atoms with Crippen molar-refractivity contribution in [3.8, 4) is 17.2 Å². The molecule has 0 saturated carbocycles. The van der Waals surface area contributed by atoms with Crippen LogP contribution >= 0.6 is 0 Å². The van der Waals surface area contributed by atoms with Gasteiger partial charge in [0, 0.05) is 19.6 Å². The molecule has 0 spiro atoms. The first-order chi connectivity index (χ1) is 12.8. The van der Waals surface area contributed by atoms with Crippen LogP contribution in [0.2, 0.25) is 0 Å². The molecule has 2 heterocycles. The number of nitrogens with zero attached hydrogens (tertiary/aromatic N) is 3. The predicted octanol–water partition coefficient (Wildman–Crippen LogP) is 1.79. The number of methoxy groups -OCH3 is 3. The van der Waals surface area contributed by atoms with Gasteiger partial charge in [0.05, 0.1) is 39.9 Å². The van der Waals surface area contributed by atoms with Crippen molar-refractivity contribution in [2.24, 2.45) is 0 Å². The van der Waals surface area contributed by atoms with Crippen LogP contribution in [0.3, 0.4) is 0 Å². The fourth-order valence-corrected chi connectivity index (χ4v) is 3.14. The molecule has 1 N–H and O–H groups in total. The number of morpholine rings is 1. The van der Waals surface area contributed by atoms with Crippen molar-refractivity contribution in [2.75, 3.05) is 66.0 Å². The maximum atomic E-state index is 5.51. The molecule has 0 radical (unpaired) electrons. The largest absolute Gasteiger partial charge is 0.493 e. The van der Waals surface area contributed by atoms with E-state index in [0.717, 1.165) is 57.0 Å². The Bertz CT molecular complexity index is 735. The Balaban J connectivity index is 1.75. The second-order valence-electron chi connectivity index (χ2n) is 6.00. The van der Waals surface area contributed by atoms with E-state index in [9.17, 15) is 0 Å². The Labute approximate surface area is 153 Å². The quantitative estimate of drug-likeness (QED) is 0.712. The standard InChI is InChI=1S/C18H26N4O4/c1-23-14-11-13-15(17(25-3)16(14)24-2)20-12-21-18(13)19-5-4-6-22-7-9-26-10-8-22/h11-12H,4-10H2,1-3H3,(H,19,20,21). The van der Waals surface area contributed by atoms with Gasteiger partial charge in [-0.05, 0) is 19.0 Å². The Morgan fingerprint density at radius 3 is 2.54 bits per heavy atom. The van der Waals surface area contributed by atoms with Gasteiger partial charge in [-0.3, -0.25) is 4.90 Å². The van der Waals surface area contributed by atoms with Crippen molar-refractivity contribution in [1.29, 1.82) is 0 Å². The van der Waals surface area contributed by atoms with Crippen LogP contribution in [-0.4, -0.2) is 75.6 Å². The topological polar surface area (TPSA) is 78.0 Å². The van der Waals surface area contributed by atoms with Crippen LogP contribution in [0.15, 0.2) is 12.4 Å². The number of aromatic nitrogens is 2. The van der Waals surface area contributed by atoms with E-state index in [2.05, 4.69) is 20.2 Å². The van der Waals surface area contributed by atoms with Gasteiger partial charge < -0.3 is 24.3 Å². The van der Waals surface area contributed by atoms with Crippen LogP contribution < -0.4 is 19.5 Å². The number of fused-ring (bicyclic) bond motifs is 1. The van der Waals surface area contributed by atoms with Gasteiger partial charge in [-0.2, -0.15) is 0 Å². The summed E-state index contributed by atoms with van der Waals surface area (Å²) >= 11 is 0. The minimum absolute atomic E-state index is 0.527. The van der Waals surface area contributed by atoms with E-state index < -0.39 is 0 Å². The maximum absolute atomic E-state index is 5.51. The smallest absolute Gasteiger partial charge is 0.205 e. The lowest BCUT2D eigenvalue weighted by Gasteiger charge is -2.26. The van der Waals surface area contributed by atoms with Crippen LogP contribution in [0.4, 0.5) is 5.82 Å². The van der Waals surface area contributed by atoms with Crippen molar-refractivity contribution in [3.05, 3.63) is 12.4 Å². The molecule has 0 atom stereocenters. The van der Waals surface area contributed by atoms with E-state index in [4.69, 9.17) is 18.9 Å². The van der Waals surface area contributed by atoms with E-state index in [1.807, 2.05) is 6.07 Å². The Morgan fingerprint density at radius 2 is 1.85 bits per heavy atom. The summed E-state index contributed by atoms with van der Waals surface area (Å²) in [6.45, 7) is 5.52. The molecule has 26 heavy (non-hydrogen) atoms. The monoisotopic (exact) mass is 362 g/mol. The Hall–Kier alpha value is -2.32. The molecule has 1 fully saturated rings. The minimum Gasteiger partial charge on any atom is -0.493 e. The third-order valence-electron chi connectivity index (χ3n) is 4.48. The Kier molecular flexibility index (Phi) is 6.30. The molecule has 3 rings (SSSR count). The van der Waals surface area contributed by atoms with Gasteiger partial charge in [-0.25, -0.2) is 9.97 Å². The number of nitrogens with one attached hydrogen (secondary N) is 1. The number of anilines is 1. The molecular weight excluding hydrogens is 336 g/mol. The predicted molar refractivity (Wildman–Crippen MR) is 99.6 cm³/mol. The van der Waals surface area contributed by atoms with Gasteiger partial charge in [0.2, 0.25) is 5.75 Å². The van der Waals surface area contributed by atoms with Gasteiger partial charge in [-0.15, -0.1) is 0 Å². The molecule has 1 aromatic carbocycles.